The highest BCUT2D eigenvalue weighted by Gasteiger charge is 2.43. The number of benzene rings is 1. The molecule has 2 fully saturated rings. The first-order valence-electron chi connectivity index (χ1n) is 7.46. The number of nitrogens with zero attached hydrogens (tertiary/aromatic N) is 1. The normalized spacial score (nSPS) is 29.6. The van der Waals surface area contributed by atoms with E-state index < -0.39 is 0 Å². The van der Waals surface area contributed by atoms with Gasteiger partial charge in [-0.3, -0.25) is 4.90 Å². The molecule has 1 saturated heterocycles. The Kier molecular flexibility index (Phi) is 3.84. The Balaban J connectivity index is 1.92. The van der Waals surface area contributed by atoms with Crippen molar-refractivity contribution in [1.82, 2.24) is 4.90 Å². The molecule has 3 heteroatoms. The molecule has 4 atom stereocenters. The molecule has 0 spiro atoms. The number of hydrogen-bond acceptors (Lipinski definition) is 2. The summed E-state index contributed by atoms with van der Waals surface area (Å²) in [5, 5.41) is 0.860. The Morgan fingerprint density at radius 1 is 1.37 bits per heavy atom. The number of nitrogens with two attached hydrogens (primary N) is 1. The molecular weight excluding hydrogens is 256 g/mol. The first kappa shape index (κ1) is 13.4. The van der Waals surface area contributed by atoms with Crippen LogP contribution in [0.1, 0.15) is 44.2 Å². The summed E-state index contributed by atoms with van der Waals surface area (Å²) in [6.07, 6.45) is 5.08. The van der Waals surface area contributed by atoms with Crippen molar-refractivity contribution in [3.63, 3.8) is 0 Å². The SMILES string of the molecule is CCC(N)C(c1ccccc1Cl)N1CC2CCC1C2. The lowest BCUT2D eigenvalue weighted by Crippen LogP contribution is -2.44. The van der Waals surface area contributed by atoms with E-state index in [-0.39, 0.29) is 12.1 Å². The van der Waals surface area contributed by atoms with E-state index in [1.807, 2.05) is 12.1 Å². The summed E-state index contributed by atoms with van der Waals surface area (Å²) >= 11 is 6.42. The van der Waals surface area contributed by atoms with Crippen LogP contribution in [-0.2, 0) is 0 Å². The van der Waals surface area contributed by atoms with Crippen LogP contribution in [0.2, 0.25) is 5.02 Å². The van der Waals surface area contributed by atoms with Crippen molar-refractivity contribution >= 4 is 11.6 Å². The zero-order chi connectivity index (χ0) is 13.4. The lowest BCUT2D eigenvalue weighted by molar-refractivity contribution is 0.127. The number of halogens is 1. The number of rotatable bonds is 4. The minimum atomic E-state index is 0.166. The van der Waals surface area contributed by atoms with Gasteiger partial charge in [-0.05, 0) is 43.2 Å². The molecule has 19 heavy (non-hydrogen) atoms. The molecule has 0 amide bonds. The van der Waals surface area contributed by atoms with Crippen LogP contribution >= 0.6 is 11.6 Å². The second-order valence-electron chi connectivity index (χ2n) is 6.07. The summed E-state index contributed by atoms with van der Waals surface area (Å²) in [7, 11) is 0. The maximum atomic E-state index is 6.43. The smallest absolute Gasteiger partial charge is 0.0516 e. The molecule has 1 aliphatic carbocycles. The Bertz CT molecular complexity index is 448. The van der Waals surface area contributed by atoms with E-state index in [0.717, 1.165) is 23.4 Å². The molecule has 2 nitrogen and oxygen atoms in total. The van der Waals surface area contributed by atoms with Crippen molar-refractivity contribution in [2.24, 2.45) is 11.7 Å². The van der Waals surface area contributed by atoms with Crippen molar-refractivity contribution in [2.75, 3.05) is 6.54 Å². The van der Waals surface area contributed by atoms with Crippen molar-refractivity contribution in [3.05, 3.63) is 34.9 Å². The minimum absolute atomic E-state index is 0.166. The fourth-order valence-electron chi connectivity index (χ4n) is 3.90. The molecule has 2 aliphatic rings. The first-order chi connectivity index (χ1) is 9.20. The van der Waals surface area contributed by atoms with Gasteiger partial charge < -0.3 is 5.73 Å². The summed E-state index contributed by atoms with van der Waals surface area (Å²) < 4.78 is 0. The molecule has 1 heterocycles. The summed E-state index contributed by atoms with van der Waals surface area (Å²) in [4.78, 5) is 2.63. The topological polar surface area (TPSA) is 29.3 Å². The van der Waals surface area contributed by atoms with Gasteiger partial charge in [0, 0.05) is 23.7 Å². The van der Waals surface area contributed by atoms with E-state index in [0.29, 0.717) is 0 Å². The van der Waals surface area contributed by atoms with Crippen LogP contribution in [0.25, 0.3) is 0 Å². The number of likely N-dealkylation sites (tertiary alicyclic amines) is 1. The van der Waals surface area contributed by atoms with Gasteiger partial charge in [0.1, 0.15) is 0 Å². The lowest BCUT2D eigenvalue weighted by atomic mass is 9.94. The van der Waals surface area contributed by atoms with Crippen LogP contribution in [-0.4, -0.2) is 23.5 Å². The molecule has 104 valence electrons. The molecular formula is C16H23ClN2. The summed E-state index contributed by atoms with van der Waals surface area (Å²) in [5.41, 5.74) is 7.64. The van der Waals surface area contributed by atoms with E-state index in [9.17, 15) is 0 Å². The Hall–Kier alpha value is -0.570. The van der Waals surface area contributed by atoms with Gasteiger partial charge in [0.2, 0.25) is 0 Å². The number of hydrogen-bond donors (Lipinski definition) is 1. The van der Waals surface area contributed by atoms with Crippen LogP contribution < -0.4 is 5.73 Å². The second kappa shape index (κ2) is 5.43. The molecule has 1 aromatic carbocycles. The number of fused-ring (bicyclic) bond motifs is 2. The summed E-state index contributed by atoms with van der Waals surface area (Å²) in [5.74, 6) is 0.888. The van der Waals surface area contributed by atoms with Crippen LogP contribution in [0, 0.1) is 5.92 Å². The second-order valence-corrected chi connectivity index (χ2v) is 6.48. The highest BCUT2D eigenvalue weighted by atomic mass is 35.5. The fraction of sp³-hybridized carbons (Fsp3) is 0.625. The average Bonchev–Trinajstić information content (AvgIpc) is 3.03. The van der Waals surface area contributed by atoms with Crippen LogP contribution in [0.3, 0.4) is 0 Å². The van der Waals surface area contributed by atoms with Crippen molar-refractivity contribution in [3.8, 4) is 0 Å². The van der Waals surface area contributed by atoms with Crippen LogP contribution in [0.5, 0.6) is 0 Å². The fourth-order valence-corrected chi connectivity index (χ4v) is 4.14. The largest absolute Gasteiger partial charge is 0.326 e. The molecule has 1 aromatic rings. The standard InChI is InChI=1S/C16H23ClN2/c1-2-15(18)16(13-5-3-4-6-14(13)17)19-10-11-7-8-12(19)9-11/h3-6,11-12,15-16H,2,7-10,18H2,1H3. The quantitative estimate of drug-likeness (QED) is 0.912. The molecule has 4 unspecified atom stereocenters. The van der Waals surface area contributed by atoms with Gasteiger partial charge in [0.15, 0.2) is 0 Å². The maximum absolute atomic E-state index is 6.43. The maximum Gasteiger partial charge on any atom is 0.0516 e. The van der Waals surface area contributed by atoms with Crippen molar-refractivity contribution < 1.29 is 0 Å². The molecule has 2 bridgehead atoms. The predicted molar refractivity (Wildman–Crippen MR) is 80.3 cm³/mol. The molecule has 0 aromatic heterocycles. The van der Waals surface area contributed by atoms with Crippen molar-refractivity contribution in [2.45, 2.75) is 50.7 Å². The highest BCUT2D eigenvalue weighted by molar-refractivity contribution is 6.31. The van der Waals surface area contributed by atoms with Crippen molar-refractivity contribution in [1.29, 1.82) is 0 Å². The first-order valence-corrected chi connectivity index (χ1v) is 7.84. The Labute approximate surface area is 120 Å². The Morgan fingerprint density at radius 3 is 2.74 bits per heavy atom. The highest BCUT2D eigenvalue weighted by Crippen LogP contribution is 2.44. The van der Waals surface area contributed by atoms with Crippen LogP contribution in [0.15, 0.2) is 24.3 Å². The summed E-state index contributed by atoms with van der Waals surface area (Å²) in [6, 6.07) is 9.38. The Morgan fingerprint density at radius 2 is 2.16 bits per heavy atom. The molecule has 3 rings (SSSR count). The third-order valence-electron chi connectivity index (χ3n) is 4.91. The van der Waals surface area contributed by atoms with E-state index in [4.69, 9.17) is 17.3 Å². The molecule has 0 radical (unpaired) electrons. The van der Waals surface area contributed by atoms with Gasteiger partial charge in [0.25, 0.3) is 0 Å². The van der Waals surface area contributed by atoms with Crippen LogP contribution in [0.4, 0.5) is 0 Å². The van der Waals surface area contributed by atoms with Gasteiger partial charge in [-0.1, -0.05) is 36.7 Å². The monoisotopic (exact) mass is 278 g/mol. The average molecular weight is 279 g/mol. The zero-order valence-corrected chi connectivity index (χ0v) is 12.3. The van der Waals surface area contributed by atoms with E-state index in [1.165, 1.54) is 31.4 Å². The van der Waals surface area contributed by atoms with E-state index in [1.54, 1.807) is 0 Å². The summed E-state index contributed by atoms with van der Waals surface area (Å²) in [6.45, 7) is 3.37. The predicted octanol–water partition coefficient (Wildman–Crippen LogP) is 3.60. The zero-order valence-electron chi connectivity index (χ0n) is 11.6. The lowest BCUT2D eigenvalue weighted by Gasteiger charge is -2.38. The minimum Gasteiger partial charge on any atom is -0.326 e. The van der Waals surface area contributed by atoms with Gasteiger partial charge in [-0.2, -0.15) is 0 Å². The van der Waals surface area contributed by atoms with Gasteiger partial charge in [-0.15, -0.1) is 0 Å². The van der Waals surface area contributed by atoms with Gasteiger partial charge >= 0.3 is 0 Å². The molecule has 1 aliphatic heterocycles. The van der Waals surface area contributed by atoms with E-state index in [2.05, 4.69) is 24.0 Å². The molecule has 1 saturated carbocycles. The van der Waals surface area contributed by atoms with Gasteiger partial charge in [0.05, 0.1) is 6.04 Å². The number of piperidine rings is 1. The van der Waals surface area contributed by atoms with E-state index >= 15 is 0 Å². The van der Waals surface area contributed by atoms with Gasteiger partial charge in [-0.25, -0.2) is 0 Å². The third kappa shape index (κ3) is 2.42. The molecule has 2 N–H and O–H groups in total. The third-order valence-corrected chi connectivity index (χ3v) is 5.25.